The minimum atomic E-state index is -1.14. The summed E-state index contributed by atoms with van der Waals surface area (Å²) in [7, 11) is 4.39. The third kappa shape index (κ3) is 6.85. The Hall–Kier alpha value is -3.32. The maximum atomic E-state index is 12.0. The van der Waals surface area contributed by atoms with Crippen LogP contribution in [0.1, 0.15) is 31.1 Å². The molecule has 0 aliphatic rings. The minimum Gasteiger partial charge on any atom is -0.493 e. The van der Waals surface area contributed by atoms with E-state index in [-0.39, 0.29) is 5.92 Å². The number of carbonyl (C=O) groups excluding carboxylic acids is 2. The molecule has 2 rings (SSSR count). The van der Waals surface area contributed by atoms with Crippen LogP contribution in [0, 0.1) is 5.92 Å². The van der Waals surface area contributed by atoms with Gasteiger partial charge in [0.15, 0.2) is 11.5 Å². The van der Waals surface area contributed by atoms with Crippen molar-refractivity contribution in [1.29, 1.82) is 0 Å². The zero-order chi connectivity index (χ0) is 23.5. The lowest BCUT2D eigenvalue weighted by atomic mass is 9.95. The highest BCUT2D eigenvalue weighted by Gasteiger charge is 2.26. The molecule has 0 aromatic heterocycles. The summed E-state index contributed by atoms with van der Waals surface area (Å²) in [6.45, 7) is 3.54. The van der Waals surface area contributed by atoms with Crippen molar-refractivity contribution < 1.29 is 33.3 Å². The van der Waals surface area contributed by atoms with Gasteiger partial charge in [-0.3, -0.25) is 4.79 Å². The van der Waals surface area contributed by atoms with E-state index in [9.17, 15) is 9.59 Å². The highest BCUT2D eigenvalue weighted by Crippen LogP contribution is 2.40. The van der Waals surface area contributed by atoms with Gasteiger partial charge in [-0.25, -0.2) is 4.79 Å². The van der Waals surface area contributed by atoms with Crippen LogP contribution in [-0.4, -0.2) is 39.4 Å². The Kier molecular flexibility index (Phi) is 9.76. The van der Waals surface area contributed by atoms with Gasteiger partial charge in [0.25, 0.3) is 0 Å². The van der Waals surface area contributed by atoms with E-state index >= 15 is 0 Å². The average molecular weight is 443 g/mol. The monoisotopic (exact) mass is 442 g/mol. The average Bonchev–Trinajstić information content (AvgIpc) is 2.81. The van der Waals surface area contributed by atoms with Gasteiger partial charge in [-0.1, -0.05) is 55.5 Å². The molecule has 3 atom stereocenters. The molecule has 7 heteroatoms. The van der Waals surface area contributed by atoms with Crippen LogP contribution in [0.25, 0.3) is 0 Å². The first-order valence-corrected chi connectivity index (χ1v) is 10.2. The predicted octanol–water partition coefficient (Wildman–Crippen LogP) is 4.26. The Bertz CT molecular complexity index is 908. The van der Waals surface area contributed by atoms with Gasteiger partial charge in [0, 0.05) is 18.4 Å². The maximum Gasteiger partial charge on any atom is 0.351 e. The van der Waals surface area contributed by atoms with Crippen LogP contribution < -0.4 is 9.47 Å². The second-order valence-electron chi connectivity index (χ2n) is 7.10. The molecule has 2 aromatic rings. The topological polar surface area (TPSA) is 80.3 Å². The van der Waals surface area contributed by atoms with Gasteiger partial charge in [-0.2, -0.15) is 0 Å². The SMILES string of the molecule is COC(=O)[C@@H](/C=C/[C@H](C)[C@@H](OCc1ccccc1)c1cccc(OC)c1OC)OC(C)=O. The number of carbonyl (C=O) groups is 2. The third-order valence-electron chi connectivity index (χ3n) is 4.81. The van der Waals surface area contributed by atoms with E-state index in [4.69, 9.17) is 23.7 Å². The van der Waals surface area contributed by atoms with Crippen LogP contribution in [-0.2, 0) is 30.4 Å². The molecule has 2 aromatic carbocycles. The second kappa shape index (κ2) is 12.5. The van der Waals surface area contributed by atoms with Crippen molar-refractivity contribution in [1.82, 2.24) is 0 Å². The standard InChI is InChI=1S/C25H30O7/c1-17(14-15-22(25(27)30-5)32-18(2)26)23(31-16-19-10-7-6-8-11-19)20-12-9-13-21(28-3)24(20)29-4/h6-15,17,22-23H,16H2,1-5H3/b15-14+/t17-,22+,23+/m0/s1. The summed E-state index contributed by atoms with van der Waals surface area (Å²) in [5, 5.41) is 0. The van der Waals surface area contributed by atoms with Crippen LogP contribution >= 0.6 is 0 Å². The molecule has 0 aliphatic heterocycles. The van der Waals surface area contributed by atoms with Crippen molar-refractivity contribution in [3.63, 3.8) is 0 Å². The van der Waals surface area contributed by atoms with Gasteiger partial charge >= 0.3 is 11.9 Å². The quantitative estimate of drug-likeness (QED) is 0.380. The van der Waals surface area contributed by atoms with E-state index in [1.165, 1.54) is 20.1 Å². The van der Waals surface area contributed by atoms with E-state index in [1.807, 2.05) is 55.5 Å². The molecule has 0 bridgehead atoms. The molecule has 0 radical (unpaired) electrons. The number of hydrogen-bond donors (Lipinski definition) is 0. The smallest absolute Gasteiger partial charge is 0.351 e. The summed E-state index contributed by atoms with van der Waals surface area (Å²) < 4.78 is 27.2. The zero-order valence-electron chi connectivity index (χ0n) is 19.1. The minimum absolute atomic E-state index is 0.220. The number of benzene rings is 2. The first-order chi connectivity index (χ1) is 15.4. The van der Waals surface area contributed by atoms with Crippen LogP contribution in [0.2, 0.25) is 0 Å². The normalized spacial score (nSPS) is 13.8. The molecular weight excluding hydrogens is 412 g/mol. The zero-order valence-corrected chi connectivity index (χ0v) is 19.1. The Morgan fingerprint density at radius 2 is 1.66 bits per heavy atom. The number of esters is 2. The molecule has 172 valence electrons. The molecule has 0 aliphatic carbocycles. The molecule has 0 amide bonds. The Balaban J connectivity index is 2.37. The first kappa shape index (κ1) is 24.9. The van der Waals surface area contributed by atoms with E-state index < -0.39 is 24.1 Å². The first-order valence-electron chi connectivity index (χ1n) is 10.2. The summed E-state index contributed by atoms with van der Waals surface area (Å²) >= 11 is 0. The summed E-state index contributed by atoms with van der Waals surface area (Å²) in [6, 6.07) is 15.4. The fraction of sp³-hybridized carbons (Fsp3) is 0.360. The molecule has 32 heavy (non-hydrogen) atoms. The Labute approximate surface area is 188 Å². The third-order valence-corrected chi connectivity index (χ3v) is 4.81. The van der Waals surface area contributed by atoms with Crippen molar-refractivity contribution >= 4 is 11.9 Å². The largest absolute Gasteiger partial charge is 0.493 e. The van der Waals surface area contributed by atoms with Gasteiger partial charge in [-0.05, 0) is 17.7 Å². The summed E-state index contributed by atoms with van der Waals surface area (Å²) in [5.74, 6) is -0.310. The Morgan fingerprint density at radius 3 is 2.25 bits per heavy atom. The fourth-order valence-electron chi connectivity index (χ4n) is 3.26. The Morgan fingerprint density at radius 1 is 0.938 bits per heavy atom. The summed E-state index contributed by atoms with van der Waals surface area (Å²) in [5.41, 5.74) is 1.81. The lowest BCUT2D eigenvalue weighted by Gasteiger charge is -2.26. The molecule has 0 fully saturated rings. The van der Waals surface area contributed by atoms with Crippen molar-refractivity contribution in [2.24, 2.45) is 5.92 Å². The second-order valence-corrected chi connectivity index (χ2v) is 7.10. The number of methoxy groups -OCH3 is 3. The van der Waals surface area contributed by atoms with E-state index in [0.29, 0.717) is 18.1 Å². The molecule has 0 N–H and O–H groups in total. The van der Waals surface area contributed by atoms with Gasteiger partial charge in [0.05, 0.1) is 34.0 Å². The molecule has 0 heterocycles. The van der Waals surface area contributed by atoms with Crippen LogP contribution in [0.15, 0.2) is 60.7 Å². The maximum absolute atomic E-state index is 12.0. The van der Waals surface area contributed by atoms with Crippen LogP contribution in [0.5, 0.6) is 11.5 Å². The van der Waals surface area contributed by atoms with E-state index in [2.05, 4.69) is 0 Å². The molecule has 0 saturated heterocycles. The molecule has 0 spiro atoms. The van der Waals surface area contributed by atoms with Crippen LogP contribution in [0.3, 0.4) is 0 Å². The number of ether oxygens (including phenoxy) is 5. The van der Waals surface area contributed by atoms with Gasteiger partial charge in [0.1, 0.15) is 0 Å². The number of para-hydroxylation sites is 1. The number of rotatable bonds is 11. The van der Waals surface area contributed by atoms with Gasteiger partial charge < -0.3 is 23.7 Å². The molecular formula is C25H30O7. The van der Waals surface area contributed by atoms with Crippen molar-refractivity contribution in [2.75, 3.05) is 21.3 Å². The fourth-order valence-corrected chi connectivity index (χ4v) is 3.26. The van der Waals surface area contributed by atoms with Gasteiger partial charge in [0.2, 0.25) is 6.10 Å². The molecule has 0 saturated carbocycles. The van der Waals surface area contributed by atoms with Crippen molar-refractivity contribution in [3.8, 4) is 11.5 Å². The lowest BCUT2D eigenvalue weighted by molar-refractivity contribution is -0.161. The van der Waals surface area contributed by atoms with Crippen molar-refractivity contribution in [3.05, 3.63) is 71.8 Å². The molecule has 7 nitrogen and oxygen atoms in total. The highest BCUT2D eigenvalue weighted by molar-refractivity contribution is 5.80. The number of hydrogen-bond acceptors (Lipinski definition) is 7. The van der Waals surface area contributed by atoms with Crippen LogP contribution in [0.4, 0.5) is 0 Å². The van der Waals surface area contributed by atoms with E-state index in [0.717, 1.165) is 11.1 Å². The van der Waals surface area contributed by atoms with E-state index in [1.54, 1.807) is 20.3 Å². The highest BCUT2D eigenvalue weighted by atomic mass is 16.6. The summed E-state index contributed by atoms with van der Waals surface area (Å²) in [4.78, 5) is 23.3. The van der Waals surface area contributed by atoms with Crippen molar-refractivity contribution in [2.45, 2.75) is 32.7 Å². The van der Waals surface area contributed by atoms with Gasteiger partial charge in [-0.15, -0.1) is 0 Å². The lowest BCUT2D eigenvalue weighted by Crippen LogP contribution is -2.26. The summed E-state index contributed by atoms with van der Waals surface area (Å²) in [6.07, 6.45) is 1.69. The molecule has 0 unspecified atom stereocenters. The predicted molar refractivity (Wildman–Crippen MR) is 119 cm³/mol.